The predicted molar refractivity (Wildman–Crippen MR) is 84.0 cm³/mol. The summed E-state index contributed by atoms with van der Waals surface area (Å²) in [5, 5.41) is 8.51. The molecule has 4 rings (SSSR count). The van der Waals surface area contributed by atoms with E-state index in [0.29, 0.717) is 11.2 Å². The molecule has 1 aliphatic rings. The van der Waals surface area contributed by atoms with E-state index in [2.05, 4.69) is 15.2 Å². The Kier molecular flexibility index (Phi) is 3.33. The second-order valence-electron chi connectivity index (χ2n) is 5.98. The van der Waals surface area contributed by atoms with Crippen LogP contribution in [0.4, 0.5) is 0 Å². The lowest BCUT2D eigenvalue weighted by molar-refractivity contribution is 0.0723. The van der Waals surface area contributed by atoms with E-state index in [1.165, 1.54) is 0 Å². The van der Waals surface area contributed by atoms with E-state index < -0.39 is 0 Å². The number of hydrogen-bond donors (Lipinski definition) is 0. The van der Waals surface area contributed by atoms with E-state index in [1.807, 2.05) is 35.0 Å². The van der Waals surface area contributed by atoms with Crippen LogP contribution < -0.4 is 0 Å². The van der Waals surface area contributed by atoms with Crippen LogP contribution in [0.5, 0.6) is 0 Å². The largest absolute Gasteiger partial charge is 0.334 e. The van der Waals surface area contributed by atoms with Crippen LogP contribution in [0.15, 0.2) is 37.1 Å². The fourth-order valence-corrected chi connectivity index (χ4v) is 3.19. The van der Waals surface area contributed by atoms with Crippen LogP contribution in [0.2, 0.25) is 0 Å². The number of aryl methyl sites for hydroxylation is 1. The fourth-order valence-electron chi connectivity index (χ4n) is 3.19. The SMILES string of the molecule is Cc1cnc2c(C(=O)N3CCCC3Cn3cccn3)cnn2c1. The van der Waals surface area contributed by atoms with Crippen molar-refractivity contribution in [1.82, 2.24) is 29.3 Å². The van der Waals surface area contributed by atoms with Gasteiger partial charge in [0.2, 0.25) is 0 Å². The molecule has 0 radical (unpaired) electrons. The van der Waals surface area contributed by atoms with Gasteiger partial charge < -0.3 is 4.90 Å². The summed E-state index contributed by atoms with van der Waals surface area (Å²) in [6.07, 6.45) is 11.0. The van der Waals surface area contributed by atoms with Crippen LogP contribution in [0, 0.1) is 6.92 Å². The molecule has 3 aromatic heterocycles. The molecule has 118 valence electrons. The van der Waals surface area contributed by atoms with Crippen molar-refractivity contribution in [2.24, 2.45) is 0 Å². The van der Waals surface area contributed by atoms with E-state index in [4.69, 9.17) is 0 Å². The molecule has 0 N–H and O–H groups in total. The van der Waals surface area contributed by atoms with Crippen LogP contribution in [0.3, 0.4) is 0 Å². The minimum Gasteiger partial charge on any atom is -0.334 e. The lowest BCUT2D eigenvalue weighted by Gasteiger charge is -2.24. The monoisotopic (exact) mass is 310 g/mol. The van der Waals surface area contributed by atoms with Gasteiger partial charge in [0.1, 0.15) is 5.56 Å². The smallest absolute Gasteiger partial charge is 0.259 e. The number of carbonyl (C=O) groups is 1. The van der Waals surface area contributed by atoms with Crippen molar-refractivity contribution < 1.29 is 4.79 Å². The van der Waals surface area contributed by atoms with Gasteiger partial charge in [0, 0.05) is 31.3 Å². The summed E-state index contributed by atoms with van der Waals surface area (Å²) in [6.45, 7) is 3.45. The topological polar surface area (TPSA) is 68.3 Å². The minimum absolute atomic E-state index is 0.00556. The van der Waals surface area contributed by atoms with Crippen LogP contribution in [0.25, 0.3) is 5.65 Å². The minimum atomic E-state index is 0.00556. The summed E-state index contributed by atoms with van der Waals surface area (Å²) in [5.74, 6) is 0.00556. The maximum atomic E-state index is 12.9. The van der Waals surface area contributed by atoms with Gasteiger partial charge in [0.25, 0.3) is 5.91 Å². The van der Waals surface area contributed by atoms with Gasteiger partial charge in [-0.2, -0.15) is 10.2 Å². The van der Waals surface area contributed by atoms with Gasteiger partial charge in [-0.3, -0.25) is 9.48 Å². The number of carbonyl (C=O) groups excluding carboxylic acids is 1. The fraction of sp³-hybridized carbons (Fsp3) is 0.375. The van der Waals surface area contributed by atoms with E-state index >= 15 is 0 Å². The summed E-state index contributed by atoms with van der Waals surface area (Å²) >= 11 is 0. The van der Waals surface area contributed by atoms with E-state index in [9.17, 15) is 4.79 Å². The highest BCUT2D eigenvalue weighted by molar-refractivity contribution is 5.99. The first-order valence-corrected chi connectivity index (χ1v) is 7.81. The van der Waals surface area contributed by atoms with Crippen molar-refractivity contribution >= 4 is 11.6 Å². The van der Waals surface area contributed by atoms with Gasteiger partial charge in [-0.1, -0.05) is 0 Å². The molecular formula is C16H18N6O. The molecule has 7 nitrogen and oxygen atoms in total. The Balaban J connectivity index is 1.61. The molecule has 23 heavy (non-hydrogen) atoms. The molecule has 4 heterocycles. The van der Waals surface area contributed by atoms with Gasteiger partial charge in [0.15, 0.2) is 5.65 Å². The predicted octanol–water partition coefficient (Wildman–Crippen LogP) is 1.54. The molecule has 1 fully saturated rings. The lowest BCUT2D eigenvalue weighted by atomic mass is 10.2. The quantitative estimate of drug-likeness (QED) is 0.736. The van der Waals surface area contributed by atoms with E-state index in [-0.39, 0.29) is 11.9 Å². The van der Waals surface area contributed by atoms with Gasteiger partial charge >= 0.3 is 0 Å². The number of fused-ring (bicyclic) bond motifs is 1. The molecule has 0 aliphatic carbocycles. The van der Waals surface area contributed by atoms with Gasteiger partial charge in [-0.05, 0) is 31.4 Å². The maximum absolute atomic E-state index is 12.9. The third kappa shape index (κ3) is 2.48. The molecule has 1 unspecified atom stereocenters. The third-order valence-electron chi connectivity index (χ3n) is 4.31. The van der Waals surface area contributed by atoms with Crippen LogP contribution in [-0.4, -0.2) is 47.8 Å². The van der Waals surface area contributed by atoms with Crippen molar-refractivity contribution in [3.8, 4) is 0 Å². The standard InChI is InChI=1S/C16H18N6O/c1-12-8-17-15-14(9-19-22(15)10-12)16(23)21-7-2-4-13(21)11-20-6-3-5-18-20/h3,5-6,8-10,13H,2,4,7,11H2,1H3. The lowest BCUT2D eigenvalue weighted by Crippen LogP contribution is -2.38. The molecular weight excluding hydrogens is 292 g/mol. The average Bonchev–Trinajstić information content (AvgIpc) is 3.26. The van der Waals surface area contributed by atoms with Crippen molar-refractivity contribution in [1.29, 1.82) is 0 Å². The zero-order valence-corrected chi connectivity index (χ0v) is 13.0. The van der Waals surface area contributed by atoms with Gasteiger partial charge in [0.05, 0.1) is 18.8 Å². The van der Waals surface area contributed by atoms with E-state index in [0.717, 1.165) is 31.5 Å². The molecule has 1 atom stereocenters. The van der Waals surface area contributed by atoms with Gasteiger partial charge in [-0.25, -0.2) is 9.50 Å². The van der Waals surface area contributed by atoms with Crippen molar-refractivity contribution in [2.45, 2.75) is 32.4 Å². The number of likely N-dealkylation sites (tertiary alicyclic amines) is 1. The number of hydrogen-bond acceptors (Lipinski definition) is 4. The Morgan fingerprint density at radius 1 is 1.35 bits per heavy atom. The zero-order chi connectivity index (χ0) is 15.8. The zero-order valence-electron chi connectivity index (χ0n) is 13.0. The second-order valence-corrected chi connectivity index (χ2v) is 5.98. The summed E-state index contributed by atoms with van der Waals surface area (Å²) in [4.78, 5) is 19.2. The first kappa shape index (κ1) is 13.9. The third-order valence-corrected chi connectivity index (χ3v) is 4.31. The summed E-state index contributed by atoms with van der Waals surface area (Å²) in [5.41, 5.74) is 2.19. The Hall–Kier alpha value is -2.70. The molecule has 1 saturated heterocycles. The van der Waals surface area contributed by atoms with Crippen molar-refractivity contribution in [3.05, 3.63) is 48.2 Å². The molecule has 0 bridgehead atoms. The molecule has 7 heteroatoms. The first-order valence-electron chi connectivity index (χ1n) is 7.81. The Labute approximate surface area is 133 Å². The normalized spacial score (nSPS) is 18.0. The summed E-state index contributed by atoms with van der Waals surface area (Å²) in [6, 6.07) is 2.07. The molecule has 3 aromatic rings. The molecule has 0 spiro atoms. The first-order chi connectivity index (χ1) is 11.2. The van der Waals surface area contributed by atoms with E-state index in [1.54, 1.807) is 23.1 Å². The van der Waals surface area contributed by atoms with Crippen LogP contribution >= 0.6 is 0 Å². The van der Waals surface area contributed by atoms with Crippen LogP contribution in [0.1, 0.15) is 28.8 Å². The highest BCUT2D eigenvalue weighted by atomic mass is 16.2. The summed E-state index contributed by atoms with van der Waals surface area (Å²) in [7, 11) is 0. The highest BCUT2D eigenvalue weighted by Gasteiger charge is 2.31. The van der Waals surface area contributed by atoms with Crippen molar-refractivity contribution in [3.63, 3.8) is 0 Å². The van der Waals surface area contributed by atoms with Gasteiger partial charge in [-0.15, -0.1) is 0 Å². The molecule has 1 aliphatic heterocycles. The van der Waals surface area contributed by atoms with Crippen LogP contribution in [-0.2, 0) is 6.54 Å². The Bertz CT molecular complexity index is 838. The van der Waals surface area contributed by atoms with Crippen molar-refractivity contribution in [2.75, 3.05) is 6.54 Å². The number of nitrogens with zero attached hydrogens (tertiary/aromatic N) is 6. The second kappa shape index (κ2) is 5.49. The molecule has 0 saturated carbocycles. The Morgan fingerprint density at radius 3 is 3.09 bits per heavy atom. The highest BCUT2D eigenvalue weighted by Crippen LogP contribution is 2.22. The summed E-state index contributed by atoms with van der Waals surface area (Å²) < 4.78 is 3.55. The average molecular weight is 310 g/mol. The molecule has 0 aromatic carbocycles. The number of amides is 1. The molecule has 1 amide bonds. The number of aromatic nitrogens is 5. The number of rotatable bonds is 3. The Morgan fingerprint density at radius 2 is 2.26 bits per heavy atom. The maximum Gasteiger partial charge on any atom is 0.259 e.